The van der Waals surface area contributed by atoms with Crippen LogP contribution in [0.25, 0.3) is 0 Å². The maximum atomic E-state index is 12.1. The van der Waals surface area contributed by atoms with Gasteiger partial charge in [-0.3, -0.25) is 0 Å². The minimum Gasteiger partial charge on any atom is -0.396 e. The van der Waals surface area contributed by atoms with Gasteiger partial charge in [0, 0.05) is 36.3 Å². The van der Waals surface area contributed by atoms with Gasteiger partial charge in [-0.2, -0.15) is 17.4 Å². The van der Waals surface area contributed by atoms with Gasteiger partial charge in [-0.25, -0.2) is 0 Å². The SMILES string of the molecule is CC(NS(=O)(=O)N(C)CCCO)c1ccc(Cl)cc1Cl. The number of hydrogen-bond acceptors (Lipinski definition) is 3. The van der Waals surface area contributed by atoms with Gasteiger partial charge >= 0.3 is 0 Å². The van der Waals surface area contributed by atoms with Gasteiger partial charge in [0.25, 0.3) is 10.2 Å². The second-order valence-corrected chi connectivity index (χ2v) is 7.06. The predicted molar refractivity (Wildman–Crippen MR) is 81.3 cm³/mol. The van der Waals surface area contributed by atoms with Crippen LogP contribution >= 0.6 is 23.2 Å². The molecule has 0 aliphatic carbocycles. The zero-order chi connectivity index (χ0) is 15.3. The van der Waals surface area contributed by atoms with Gasteiger partial charge in [0.05, 0.1) is 0 Å². The molecular weight excluding hydrogens is 323 g/mol. The van der Waals surface area contributed by atoms with E-state index >= 15 is 0 Å². The van der Waals surface area contributed by atoms with E-state index in [-0.39, 0.29) is 13.2 Å². The molecule has 1 unspecified atom stereocenters. The Hall–Kier alpha value is -0.370. The Balaban J connectivity index is 2.81. The fourth-order valence-corrected chi connectivity index (χ4v) is 3.34. The van der Waals surface area contributed by atoms with Crippen LogP contribution in [0.4, 0.5) is 0 Å². The average Bonchev–Trinajstić information content (AvgIpc) is 2.34. The summed E-state index contributed by atoms with van der Waals surface area (Å²) in [7, 11) is -2.17. The monoisotopic (exact) mass is 340 g/mol. The van der Waals surface area contributed by atoms with Crippen molar-refractivity contribution in [3.05, 3.63) is 33.8 Å². The molecule has 0 radical (unpaired) electrons. The lowest BCUT2D eigenvalue weighted by Crippen LogP contribution is -2.40. The summed E-state index contributed by atoms with van der Waals surface area (Å²) in [5.41, 5.74) is 0.648. The van der Waals surface area contributed by atoms with Crippen LogP contribution in [0.5, 0.6) is 0 Å². The third-order valence-corrected chi connectivity index (χ3v) is 5.01. The van der Waals surface area contributed by atoms with Gasteiger partial charge in [0.2, 0.25) is 0 Å². The maximum absolute atomic E-state index is 12.1. The highest BCUT2D eigenvalue weighted by Crippen LogP contribution is 2.26. The van der Waals surface area contributed by atoms with Gasteiger partial charge in [-0.1, -0.05) is 29.3 Å². The fourth-order valence-electron chi connectivity index (χ4n) is 1.64. The molecule has 0 aliphatic rings. The van der Waals surface area contributed by atoms with Crippen molar-refractivity contribution in [2.45, 2.75) is 19.4 Å². The Bertz CT molecular complexity index is 552. The van der Waals surface area contributed by atoms with Gasteiger partial charge in [-0.15, -0.1) is 0 Å². The van der Waals surface area contributed by atoms with E-state index in [4.69, 9.17) is 28.3 Å². The summed E-state index contributed by atoms with van der Waals surface area (Å²) in [5, 5.41) is 9.63. The Kier molecular flexibility index (Phi) is 6.71. The van der Waals surface area contributed by atoms with Crippen LogP contribution in [-0.2, 0) is 10.2 Å². The maximum Gasteiger partial charge on any atom is 0.279 e. The van der Waals surface area contributed by atoms with Crippen molar-refractivity contribution < 1.29 is 13.5 Å². The van der Waals surface area contributed by atoms with Gasteiger partial charge < -0.3 is 5.11 Å². The summed E-state index contributed by atoms with van der Waals surface area (Å²) in [6.07, 6.45) is 0.382. The topological polar surface area (TPSA) is 69.6 Å². The highest BCUT2D eigenvalue weighted by molar-refractivity contribution is 7.87. The summed E-state index contributed by atoms with van der Waals surface area (Å²) >= 11 is 11.9. The molecule has 0 saturated carbocycles. The van der Waals surface area contributed by atoms with Crippen molar-refractivity contribution in [2.75, 3.05) is 20.2 Å². The summed E-state index contributed by atoms with van der Waals surface area (Å²) in [4.78, 5) is 0. The molecule has 0 heterocycles. The lowest BCUT2D eigenvalue weighted by molar-refractivity contribution is 0.275. The Morgan fingerprint density at radius 2 is 2.05 bits per heavy atom. The number of aliphatic hydroxyl groups is 1. The van der Waals surface area contributed by atoms with E-state index < -0.39 is 16.3 Å². The number of nitrogens with one attached hydrogen (secondary N) is 1. The Morgan fingerprint density at radius 3 is 2.60 bits per heavy atom. The van der Waals surface area contributed by atoms with Crippen molar-refractivity contribution >= 4 is 33.4 Å². The quantitative estimate of drug-likeness (QED) is 0.799. The van der Waals surface area contributed by atoms with E-state index in [2.05, 4.69) is 4.72 Å². The summed E-state index contributed by atoms with van der Waals surface area (Å²) < 4.78 is 27.8. The molecule has 0 aromatic heterocycles. The molecule has 1 atom stereocenters. The second kappa shape index (κ2) is 7.59. The van der Waals surface area contributed by atoms with Crippen molar-refractivity contribution in [2.24, 2.45) is 0 Å². The fraction of sp³-hybridized carbons (Fsp3) is 0.500. The Morgan fingerprint density at radius 1 is 1.40 bits per heavy atom. The van der Waals surface area contributed by atoms with Gasteiger partial charge in [-0.05, 0) is 31.0 Å². The first kappa shape index (κ1) is 17.7. The predicted octanol–water partition coefficient (Wildman–Crippen LogP) is 2.20. The number of rotatable bonds is 7. The molecule has 0 saturated heterocycles. The standard InChI is InChI=1S/C12H18Cl2N2O3S/c1-9(11-5-4-10(13)8-12(11)14)15-20(18,19)16(2)6-3-7-17/h4-5,8-9,15,17H,3,6-7H2,1-2H3. The number of nitrogens with zero attached hydrogens (tertiary/aromatic N) is 1. The van der Waals surface area contributed by atoms with Crippen LogP contribution in [0.2, 0.25) is 10.0 Å². The van der Waals surface area contributed by atoms with E-state index in [1.807, 2.05) is 0 Å². The van der Waals surface area contributed by atoms with Crippen LogP contribution < -0.4 is 4.72 Å². The molecule has 0 spiro atoms. The molecule has 20 heavy (non-hydrogen) atoms. The zero-order valence-electron chi connectivity index (χ0n) is 11.3. The molecular formula is C12H18Cl2N2O3S. The highest BCUT2D eigenvalue weighted by atomic mass is 35.5. The van der Waals surface area contributed by atoms with Crippen molar-refractivity contribution in [3.63, 3.8) is 0 Å². The van der Waals surface area contributed by atoms with E-state index in [1.165, 1.54) is 7.05 Å². The number of halogens is 2. The molecule has 114 valence electrons. The number of hydrogen-bond donors (Lipinski definition) is 2. The van der Waals surface area contributed by atoms with Crippen LogP contribution in [0.3, 0.4) is 0 Å². The van der Waals surface area contributed by atoms with E-state index in [1.54, 1.807) is 25.1 Å². The summed E-state index contributed by atoms with van der Waals surface area (Å²) in [5.74, 6) is 0. The first-order valence-electron chi connectivity index (χ1n) is 6.07. The summed E-state index contributed by atoms with van der Waals surface area (Å²) in [6, 6.07) is 4.43. The molecule has 1 rings (SSSR count). The van der Waals surface area contributed by atoms with Crippen LogP contribution in [0.1, 0.15) is 24.9 Å². The van der Waals surface area contributed by atoms with Crippen molar-refractivity contribution in [1.82, 2.24) is 9.03 Å². The molecule has 0 fully saturated rings. The van der Waals surface area contributed by atoms with E-state index in [0.717, 1.165) is 4.31 Å². The molecule has 1 aromatic carbocycles. The van der Waals surface area contributed by atoms with E-state index in [0.29, 0.717) is 22.0 Å². The first-order chi connectivity index (χ1) is 9.27. The van der Waals surface area contributed by atoms with Gasteiger partial charge in [0.1, 0.15) is 0 Å². The number of benzene rings is 1. The second-order valence-electron chi connectivity index (χ2n) is 4.41. The van der Waals surface area contributed by atoms with Crippen molar-refractivity contribution in [3.8, 4) is 0 Å². The lowest BCUT2D eigenvalue weighted by Gasteiger charge is -2.21. The third-order valence-electron chi connectivity index (χ3n) is 2.80. The van der Waals surface area contributed by atoms with E-state index in [9.17, 15) is 8.42 Å². The molecule has 5 nitrogen and oxygen atoms in total. The first-order valence-corrected chi connectivity index (χ1v) is 8.27. The average molecular weight is 341 g/mol. The molecule has 0 amide bonds. The smallest absolute Gasteiger partial charge is 0.279 e. The van der Waals surface area contributed by atoms with Crippen LogP contribution in [0, 0.1) is 0 Å². The van der Waals surface area contributed by atoms with Crippen molar-refractivity contribution in [1.29, 1.82) is 0 Å². The lowest BCUT2D eigenvalue weighted by atomic mass is 10.1. The summed E-state index contributed by atoms with van der Waals surface area (Å²) in [6.45, 7) is 1.89. The third kappa shape index (κ3) is 4.87. The minimum absolute atomic E-state index is 0.0571. The Labute approximate surface area is 129 Å². The largest absolute Gasteiger partial charge is 0.396 e. The number of aliphatic hydroxyl groups excluding tert-OH is 1. The minimum atomic E-state index is -3.63. The molecule has 0 bridgehead atoms. The normalized spacial score (nSPS) is 13.7. The molecule has 0 aliphatic heterocycles. The zero-order valence-corrected chi connectivity index (χ0v) is 13.6. The molecule has 2 N–H and O–H groups in total. The highest BCUT2D eigenvalue weighted by Gasteiger charge is 2.21. The van der Waals surface area contributed by atoms with Crippen LogP contribution in [0.15, 0.2) is 18.2 Å². The molecule has 1 aromatic rings. The van der Waals surface area contributed by atoms with Crippen LogP contribution in [-0.4, -0.2) is 38.0 Å². The molecule has 8 heteroatoms. The van der Waals surface area contributed by atoms with Gasteiger partial charge in [0.15, 0.2) is 0 Å².